The lowest BCUT2D eigenvalue weighted by molar-refractivity contribution is -0.145. The van der Waals surface area contributed by atoms with Gasteiger partial charge in [-0.1, -0.05) is 19.6 Å². The third kappa shape index (κ3) is 3.96. The van der Waals surface area contributed by atoms with E-state index in [1.165, 1.54) is 0 Å². The average molecular weight is 168 g/mol. The normalized spacial score (nSPS) is 12.9. The smallest absolute Gasteiger partial charge is 0.306 e. The van der Waals surface area contributed by atoms with Gasteiger partial charge in [-0.2, -0.15) is 0 Å². The highest BCUT2D eigenvalue weighted by molar-refractivity contribution is 5.69. The zero-order valence-electron chi connectivity index (χ0n) is 7.96. The van der Waals surface area contributed by atoms with Crippen LogP contribution in [-0.4, -0.2) is 12.1 Å². The van der Waals surface area contributed by atoms with Crippen molar-refractivity contribution in [2.24, 2.45) is 0 Å². The minimum atomic E-state index is -0.262. The number of allylic oxidation sites excluding steroid dienone is 1. The van der Waals surface area contributed by atoms with Crippen molar-refractivity contribution in [1.29, 1.82) is 0 Å². The predicted octanol–water partition coefficient (Wildman–Crippen LogP) is 2.46. The van der Waals surface area contributed by atoms with E-state index >= 15 is 0 Å². The second-order valence-corrected chi connectivity index (χ2v) is 2.64. The standard InChI is InChI=1S/C10H16O2/c1-5-7-9(8(3)4)12-10(11)6-2/h5,7,9H,3,6H2,1-2,4H3/b7-5+. The molecule has 2 heteroatoms. The maximum Gasteiger partial charge on any atom is 0.306 e. The highest BCUT2D eigenvalue weighted by atomic mass is 16.5. The van der Waals surface area contributed by atoms with Crippen LogP contribution in [0.5, 0.6) is 0 Å². The van der Waals surface area contributed by atoms with Crippen LogP contribution in [-0.2, 0) is 9.53 Å². The van der Waals surface area contributed by atoms with Crippen molar-refractivity contribution in [2.75, 3.05) is 0 Å². The first-order valence-electron chi connectivity index (χ1n) is 4.09. The molecule has 0 aromatic rings. The summed E-state index contributed by atoms with van der Waals surface area (Å²) in [6, 6.07) is 0. The minimum Gasteiger partial charge on any atom is -0.454 e. The molecule has 0 aliphatic heterocycles. The van der Waals surface area contributed by atoms with E-state index < -0.39 is 0 Å². The van der Waals surface area contributed by atoms with Crippen molar-refractivity contribution < 1.29 is 9.53 Å². The molecule has 0 aromatic carbocycles. The molecule has 0 bridgehead atoms. The third-order valence-corrected chi connectivity index (χ3v) is 1.40. The molecule has 0 saturated heterocycles. The van der Waals surface area contributed by atoms with Crippen LogP contribution < -0.4 is 0 Å². The summed E-state index contributed by atoms with van der Waals surface area (Å²) in [6.07, 6.45) is 3.81. The fraction of sp³-hybridized carbons (Fsp3) is 0.500. The van der Waals surface area contributed by atoms with E-state index in [1.807, 2.05) is 26.0 Å². The summed E-state index contributed by atoms with van der Waals surface area (Å²) in [5.41, 5.74) is 0.843. The maximum absolute atomic E-state index is 10.9. The minimum absolute atomic E-state index is 0.193. The second kappa shape index (κ2) is 5.58. The zero-order chi connectivity index (χ0) is 9.56. The number of esters is 1. The zero-order valence-corrected chi connectivity index (χ0v) is 7.96. The fourth-order valence-electron chi connectivity index (χ4n) is 0.704. The van der Waals surface area contributed by atoms with Crippen molar-refractivity contribution in [1.82, 2.24) is 0 Å². The van der Waals surface area contributed by atoms with Gasteiger partial charge in [-0.3, -0.25) is 4.79 Å². The Morgan fingerprint density at radius 2 is 2.25 bits per heavy atom. The molecule has 0 aliphatic carbocycles. The SMILES string of the molecule is C=C(C)C(/C=C/C)OC(=O)CC. The molecule has 0 N–H and O–H groups in total. The van der Waals surface area contributed by atoms with Gasteiger partial charge in [-0.05, 0) is 25.5 Å². The van der Waals surface area contributed by atoms with Gasteiger partial charge in [0.15, 0.2) is 0 Å². The third-order valence-electron chi connectivity index (χ3n) is 1.40. The summed E-state index contributed by atoms with van der Waals surface area (Å²) in [5, 5.41) is 0. The molecule has 0 aromatic heterocycles. The van der Waals surface area contributed by atoms with Gasteiger partial charge >= 0.3 is 5.97 Å². The van der Waals surface area contributed by atoms with Gasteiger partial charge in [-0.15, -0.1) is 0 Å². The Balaban J connectivity index is 4.13. The highest BCUT2D eigenvalue weighted by Gasteiger charge is 2.09. The number of hydrogen-bond acceptors (Lipinski definition) is 2. The summed E-state index contributed by atoms with van der Waals surface area (Å²) < 4.78 is 5.08. The summed E-state index contributed by atoms with van der Waals surface area (Å²) in [4.78, 5) is 10.9. The monoisotopic (exact) mass is 168 g/mol. The van der Waals surface area contributed by atoms with E-state index in [9.17, 15) is 4.79 Å². The maximum atomic E-state index is 10.9. The molecule has 1 atom stereocenters. The lowest BCUT2D eigenvalue weighted by atomic mass is 10.2. The van der Waals surface area contributed by atoms with E-state index in [0.717, 1.165) is 5.57 Å². The highest BCUT2D eigenvalue weighted by Crippen LogP contribution is 2.06. The molecule has 0 rings (SSSR count). The molecule has 0 fully saturated rings. The number of ether oxygens (including phenoxy) is 1. The van der Waals surface area contributed by atoms with E-state index in [-0.39, 0.29) is 12.1 Å². The lowest BCUT2D eigenvalue weighted by Crippen LogP contribution is -2.15. The Morgan fingerprint density at radius 3 is 2.58 bits per heavy atom. The molecular weight excluding hydrogens is 152 g/mol. The fourth-order valence-corrected chi connectivity index (χ4v) is 0.704. The molecule has 0 amide bonds. The summed E-state index contributed by atoms with van der Waals surface area (Å²) >= 11 is 0. The largest absolute Gasteiger partial charge is 0.454 e. The Hall–Kier alpha value is -1.05. The van der Waals surface area contributed by atoms with Crippen LogP contribution in [0.25, 0.3) is 0 Å². The summed E-state index contributed by atoms with van der Waals surface area (Å²) in [6.45, 7) is 9.23. The van der Waals surface area contributed by atoms with Crippen LogP contribution in [0, 0.1) is 0 Å². The van der Waals surface area contributed by atoms with Gasteiger partial charge < -0.3 is 4.74 Å². The number of rotatable bonds is 4. The molecule has 0 spiro atoms. The molecule has 0 heterocycles. The average Bonchev–Trinajstić information content (AvgIpc) is 2.03. The number of hydrogen-bond donors (Lipinski definition) is 0. The first-order valence-corrected chi connectivity index (χ1v) is 4.09. The van der Waals surface area contributed by atoms with Crippen LogP contribution in [0.2, 0.25) is 0 Å². The predicted molar refractivity (Wildman–Crippen MR) is 49.8 cm³/mol. The van der Waals surface area contributed by atoms with Crippen LogP contribution >= 0.6 is 0 Å². The van der Waals surface area contributed by atoms with E-state index in [1.54, 1.807) is 6.92 Å². The molecule has 1 unspecified atom stereocenters. The molecule has 68 valence electrons. The van der Waals surface area contributed by atoms with E-state index in [4.69, 9.17) is 4.74 Å². The molecular formula is C10H16O2. The molecule has 0 radical (unpaired) electrons. The first-order chi connectivity index (χ1) is 5.61. The number of carbonyl (C=O) groups excluding carboxylic acids is 1. The Labute approximate surface area is 73.9 Å². The Morgan fingerprint density at radius 1 is 1.67 bits per heavy atom. The van der Waals surface area contributed by atoms with Crippen molar-refractivity contribution in [3.8, 4) is 0 Å². The topological polar surface area (TPSA) is 26.3 Å². The summed E-state index contributed by atoms with van der Waals surface area (Å²) in [5.74, 6) is -0.193. The van der Waals surface area contributed by atoms with Crippen molar-refractivity contribution in [3.05, 3.63) is 24.3 Å². The number of carbonyl (C=O) groups is 1. The van der Waals surface area contributed by atoms with Crippen LogP contribution in [0.15, 0.2) is 24.3 Å². The van der Waals surface area contributed by atoms with Crippen LogP contribution in [0.4, 0.5) is 0 Å². The lowest BCUT2D eigenvalue weighted by Gasteiger charge is -2.12. The van der Waals surface area contributed by atoms with Crippen LogP contribution in [0.1, 0.15) is 27.2 Å². The molecule has 2 nitrogen and oxygen atoms in total. The first kappa shape index (κ1) is 11.0. The molecule has 12 heavy (non-hydrogen) atoms. The van der Waals surface area contributed by atoms with Crippen LogP contribution in [0.3, 0.4) is 0 Å². The molecule has 0 saturated carbocycles. The van der Waals surface area contributed by atoms with E-state index in [0.29, 0.717) is 6.42 Å². The second-order valence-electron chi connectivity index (χ2n) is 2.64. The molecule has 0 aliphatic rings. The van der Waals surface area contributed by atoms with Gasteiger partial charge in [0, 0.05) is 6.42 Å². The quantitative estimate of drug-likeness (QED) is 0.476. The van der Waals surface area contributed by atoms with Gasteiger partial charge in [0.25, 0.3) is 0 Å². The Kier molecular flexibility index (Phi) is 5.09. The van der Waals surface area contributed by atoms with Crippen molar-refractivity contribution in [3.63, 3.8) is 0 Å². The van der Waals surface area contributed by atoms with Gasteiger partial charge in [-0.25, -0.2) is 0 Å². The van der Waals surface area contributed by atoms with Crippen molar-refractivity contribution in [2.45, 2.75) is 33.3 Å². The van der Waals surface area contributed by atoms with Gasteiger partial charge in [0.1, 0.15) is 6.10 Å². The van der Waals surface area contributed by atoms with Gasteiger partial charge in [0.2, 0.25) is 0 Å². The Bertz CT molecular complexity index is 192. The van der Waals surface area contributed by atoms with Crippen molar-refractivity contribution >= 4 is 5.97 Å². The van der Waals surface area contributed by atoms with E-state index in [2.05, 4.69) is 6.58 Å². The summed E-state index contributed by atoms with van der Waals surface area (Å²) in [7, 11) is 0. The van der Waals surface area contributed by atoms with Gasteiger partial charge in [0.05, 0.1) is 0 Å².